The van der Waals surface area contributed by atoms with Gasteiger partial charge in [0.25, 0.3) is 0 Å². The minimum Gasteiger partial charge on any atom is -0.268 e. The monoisotopic (exact) mass is 229 g/mol. The topological polar surface area (TPSA) is 33.1 Å². The molecule has 80 valence electrons. The Labute approximate surface area is 97.7 Å². The van der Waals surface area contributed by atoms with E-state index in [9.17, 15) is 0 Å². The van der Waals surface area contributed by atoms with Crippen molar-refractivity contribution in [3.8, 4) is 0 Å². The van der Waals surface area contributed by atoms with Crippen molar-refractivity contribution in [2.45, 2.75) is 13.8 Å². The Kier molecular flexibility index (Phi) is 1.88. The van der Waals surface area contributed by atoms with Gasteiger partial charge in [-0.25, -0.2) is 0 Å². The van der Waals surface area contributed by atoms with E-state index in [0.717, 1.165) is 11.2 Å². The summed E-state index contributed by atoms with van der Waals surface area (Å²) in [5.74, 6) is 0. The molecule has 0 aliphatic heterocycles. The van der Waals surface area contributed by atoms with Crippen molar-refractivity contribution in [1.82, 2.24) is 14.6 Å². The normalized spacial score (nSPS) is 11.4. The fourth-order valence-corrected chi connectivity index (χ4v) is 2.31. The van der Waals surface area contributed by atoms with Crippen molar-refractivity contribution in [1.29, 1.82) is 0 Å². The molecule has 0 atom stereocenters. The molecule has 3 nitrogen and oxygen atoms in total. The summed E-state index contributed by atoms with van der Waals surface area (Å²) in [6.07, 6.45) is 0. The molecule has 4 heteroatoms. The Morgan fingerprint density at radius 1 is 1.25 bits per heavy atom. The van der Waals surface area contributed by atoms with Crippen LogP contribution in [0.15, 0.2) is 24.3 Å². The first-order valence-electron chi connectivity index (χ1n) is 5.14. The number of nitrogens with zero attached hydrogens (tertiary/aromatic N) is 2. The fourth-order valence-electron chi connectivity index (χ4n) is 2.07. The number of H-pyrrole nitrogens is 1. The molecule has 0 amide bonds. The third-order valence-electron chi connectivity index (χ3n) is 2.86. The fraction of sp³-hybridized carbons (Fsp3) is 0.167. The predicted molar refractivity (Wildman–Crippen MR) is 67.4 cm³/mol. The maximum absolute atomic E-state index is 5.24. The van der Waals surface area contributed by atoms with Crippen LogP contribution in [0.5, 0.6) is 0 Å². The van der Waals surface area contributed by atoms with E-state index in [1.807, 2.05) is 10.5 Å². The summed E-state index contributed by atoms with van der Waals surface area (Å²) in [5, 5.41) is 8.25. The molecule has 0 aliphatic rings. The zero-order chi connectivity index (χ0) is 11.3. The maximum Gasteiger partial charge on any atom is 0.200 e. The van der Waals surface area contributed by atoms with Gasteiger partial charge in [-0.15, -0.1) is 0 Å². The molecule has 0 saturated carbocycles. The first-order valence-corrected chi connectivity index (χ1v) is 5.55. The summed E-state index contributed by atoms with van der Waals surface area (Å²) < 4.78 is 2.61. The lowest BCUT2D eigenvalue weighted by Crippen LogP contribution is -1.91. The van der Waals surface area contributed by atoms with E-state index in [-0.39, 0.29) is 0 Å². The Bertz CT molecular complexity index is 752. The van der Waals surface area contributed by atoms with E-state index in [1.165, 1.54) is 16.5 Å². The van der Waals surface area contributed by atoms with E-state index < -0.39 is 0 Å². The van der Waals surface area contributed by atoms with Crippen LogP contribution < -0.4 is 0 Å². The highest BCUT2D eigenvalue weighted by Crippen LogP contribution is 2.21. The Morgan fingerprint density at radius 2 is 2.06 bits per heavy atom. The molecule has 1 N–H and O–H groups in total. The molecule has 3 aromatic rings. The number of aromatic amines is 1. The smallest absolute Gasteiger partial charge is 0.200 e. The first-order chi connectivity index (χ1) is 7.66. The number of hydrogen-bond acceptors (Lipinski definition) is 2. The van der Waals surface area contributed by atoms with Gasteiger partial charge >= 0.3 is 0 Å². The molecule has 3 rings (SSSR count). The van der Waals surface area contributed by atoms with E-state index in [1.54, 1.807) is 0 Å². The molecular formula is C12H11N3S. The number of benzene rings is 1. The zero-order valence-corrected chi connectivity index (χ0v) is 9.93. The minimum absolute atomic E-state index is 0.642. The molecule has 0 unspecified atom stereocenters. The van der Waals surface area contributed by atoms with Crippen molar-refractivity contribution < 1.29 is 0 Å². The molecule has 0 saturated heterocycles. The highest BCUT2D eigenvalue weighted by molar-refractivity contribution is 7.71. The summed E-state index contributed by atoms with van der Waals surface area (Å²) in [5.41, 5.74) is 4.46. The number of aryl methyl sites for hydroxylation is 2. The largest absolute Gasteiger partial charge is 0.268 e. The van der Waals surface area contributed by atoms with Gasteiger partial charge in [0.05, 0.1) is 5.52 Å². The summed E-state index contributed by atoms with van der Waals surface area (Å²) >= 11 is 5.24. The van der Waals surface area contributed by atoms with Crippen molar-refractivity contribution in [2.24, 2.45) is 0 Å². The number of aromatic nitrogens is 3. The van der Waals surface area contributed by atoms with Crippen LogP contribution in [-0.2, 0) is 0 Å². The van der Waals surface area contributed by atoms with Crippen LogP contribution in [0.1, 0.15) is 11.1 Å². The second kappa shape index (κ2) is 3.15. The van der Waals surface area contributed by atoms with Gasteiger partial charge in [-0.3, -0.25) is 9.50 Å². The van der Waals surface area contributed by atoms with Gasteiger partial charge in [-0.1, -0.05) is 11.6 Å². The molecule has 1 aromatic carbocycles. The van der Waals surface area contributed by atoms with Gasteiger partial charge in [-0.05, 0) is 49.8 Å². The van der Waals surface area contributed by atoms with E-state index in [0.29, 0.717) is 4.77 Å². The van der Waals surface area contributed by atoms with Gasteiger partial charge in [0.2, 0.25) is 0 Å². The highest BCUT2D eigenvalue weighted by Gasteiger charge is 2.05. The molecule has 2 heterocycles. The van der Waals surface area contributed by atoms with E-state index in [2.05, 4.69) is 42.2 Å². The van der Waals surface area contributed by atoms with Crippen LogP contribution in [0, 0.1) is 18.6 Å². The lowest BCUT2D eigenvalue weighted by molar-refractivity contribution is 1.09. The number of rotatable bonds is 0. The number of hydrogen-bond donors (Lipinski definition) is 1. The Balaban J connectivity index is 2.68. The molecule has 0 bridgehead atoms. The van der Waals surface area contributed by atoms with Crippen molar-refractivity contribution in [3.05, 3.63) is 40.2 Å². The summed E-state index contributed by atoms with van der Waals surface area (Å²) in [7, 11) is 0. The van der Waals surface area contributed by atoms with Gasteiger partial charge in [0.15, 0.2) is 10.4 Å². The first kappa shape index (κ1) is 9.54. The molecule has 0 radical (unpaired) electrons. The quantitative estimate of drug-likeness (QED) is 0.601. The van der Waals surface area contributed by atoms with Crippen LogP contribution in [0.25, 0.3) is 16.6 Å². The summed E-state index contributed by atoms with van der Waals surface area (Å²) in [6.45, 7) is 4.19. The van der Waals surface area contributed by atoms with Crippen LogP contribution in [0.4, 0.5) is 0 Å². The number of nitrogens with one attached hydrogen (secondary N) is 1. The second-order valence-corrected chi connectivity index (χ2v) is 4.46. The van der Waals surface area contributed by atoms with E-state index >= 15 is 0 Å². The van der Waals surface area contributed by atoms with Crippen LogP contribution in [-0.4, -0.2) is 14.6 Å². The summed E-state index contributed by atoms with van der Waals surface area (Å²) in [6, 6.07) is 8.42. The lowest BCUT2D eigenvalue weighted by Gasteiger charge is -2.05. The molecule has 0 aliphatic carbocycles. The van der Waals surface area contributed by atoms with E-state index in [4.69, 9.17) is 12.2 Å². The lowest BCUT2D eigenvalue weighted by atomic mass is 10.1. The van der Waals surface area contributed by atoms with Crippen molar-refractivity contribution >= 4 is 28.8 Å². The third-order valence-corrected chi connectivity index (χ3v) is 3.14. The van der Waals surface area contributed by atoms with Gasteiger partial charge in [0.1, 0.15) is 0 Å². The van der Waals surface area contributed by atoms with Crippen molar-refractivity contribution in [2.75, 3.05) is 0 Å². The van der Waals surface area contributed by atoms with Crippen LogP contribution in [0.2, 0.25) is 0 Å². The summed E-state index contributed by atoms with van der Waals surface area (Å²) in [4.78, 5) is 0. The molecule has 0 fully saturated rings. The molecule has 2 aromatic heterocycles. The Hall–Kier alpha value is -1.68. The predicted octanol–water partition coefficient (Wildman–Crippen LogP) is 3.16. The minimum atomic E-state index is 0.642. The number of fused-ring (bicyclic) bond motifs is 3. The standard InChI is InChI=1S/C12H11N3S/c1-7-3-4-10-9(5-7)8(2)6-11-13-14-12(16)15(10)11/h3-6H,1-2H3,(H,14,16). The average Bonchev–Trinajstić information content (AvgIpc) is 2.61. The molecule has 16 heavy (non-hydrogen) atoms. The van der Waals surface area contributed by atoms with Crippen LogP contribution in [0.3, 0.4) is 0 Å². The third kappa shape index (κ3) is 1.20. The highest BCUT2D eigenvalue weighted by atomic mass is 32.1. The van der Waals surface area contributed by atoms with Crippen molar-refractivity contribution in [3.63, 3.8) is 0 Å². The maximum atomic E-state index is 5.24. The number of pyridine rings is 1. The molecular weight excluding hydrogens is 218 g/mol. The molecule has 0 spiro atoms. The SMILES string of the molecule is Cc1ccc2c(c1)c(C)cc1n[nH]c(=S)n12. The second-order valence-electron chi connectivity index (χ2n) is 4.07. The van der Waals surface area contributed by atoms with Gasteiger partial charge in [0, 0.05) is 5.39 Å². The average molecular weight is 229 g/mol. The van der Waals surface area contributed by atoms with Crippen LogP contribution >= 0.6 is 12.2 Å². The Morgan fingerprint density at radius 3 is 2.88 bits per heavy atom. The zero-order valence-electron chi connectivity index (χ0n) is 9.11. The van der Waals surface area contributed by atoms with Gasteiger partial charge < -0.3 is 0 Å². The van der Waals surface area contributed by atoms with Gasteiger partial charge in [-0.2, -0.15) is 5.10 Å².